The summed E-state index contributed by atoms with van der Waals surface area (Å²) in [4.78, 5) is 16.4. The van der Waals surface area contributed by atoms with Crippen molar-refractivity contribution in [3.63, 3.8) is 0 Å². The number of sulfonamides is 1. The SMILES string of the molecule is N=S1(=O)CCC2(CC1)c1c(ccc(C(=O)NCc3ncc(C(F)(F)F)cc3F)c1F)N(S(=O)(=O)c1ccc(F)cc1)C2C1CC1. The van der Waals surface area contributed by atoms with Crippen LogP contribution in [0.25, 0.3) is 0 Å². The number of amides is 1. The molecule has 3 aliphatic rings. The van der Waals surface area contributed by atoms with Gasteiger partial charge in [0.05, 0.1) is 40.0 Å². The molecule has 8 nitrogen and oxygen atoms in total. The van der Waals surface area contributed by atoms with E-state index in [0.29, 0.717) is 19.0 Å². The first kappa shape index (κ1) is 31.3. The van der Waals surface area contributed by atoms with Gasteiger partial charge in [0.2, 0.25) is 0 Å². The van der Waals surface area contributed by atoms with Gasteiger partial charge in [-0.05, 0) is 74.1 Å². The molecule has 2 fully saturated rings. The van der Waals surface area contributed by atoms with E-state index in [9.17, 15) is 39.4 Å². The fraction of sp³-hybridized carbons (Fsp3) is 0.379. The number of halogens is 6. The van der Waals surface area contributed by atoms with Gasteiger partial charge in [-0.1, -0.05) is 0 Å². The molecule has 1 aromatic heterocycles. The second kappa shape index (κ2) is 10.7. The van der Waals surface area contributed by atoms with Crippen LogP contribution in [0.1, 0.15) is 52.9 Å². The minimum absolute atomic E-state index is 0.0155. The summed E-state index contributed by atoms with van der Waals surface area (Å²) < 4.78 is 133. The maximum absolute atomic E-state index is 16.6. The van der Waals surface area contributed by atoms with E-state index in [4.69, 9.17) is 4.78 Å². The third-order valence-electron chi connectivity index (χ3n) is 8.77. The number of anilines is 1. The molecule has 240 valence electrons. The zero-order valence-corrected chi connectivity index (χ0v) is 25.0. The van der Waals surface area contributed by atoms with E-state index in [1.165, 1.54) is 6.07 Å². The number of alkyl halides is 3. The Kier molecular flexibility index (Phi) is 7.46. The molecule has 1 amide bonds. The van der Waals surface area contributed by atoms with E-state index in [-0.39, 0.29) is 52.5 Å². The highest BCUT2D eigenvalue weighted by Gasteiger charge is 2.61. The molecule has 1 atom stereocenters. The van der Waals surface area contributed by atoms with Crippen LogP contribution < -0.4 is 9.62 Å². The summed E-state index contributed by atoms with van der Waals surface area (Å²) in [6.07, 6.45) is -3.13. The van der Waals surface area contributed by atoms with Crippen LogP contribution in [-0.2, 0) is 37.9 Å². The average Bonchev–Trinajstić information content (AvgIpc) is 3.76. The minimum atomic E-state index is -4.83. The lowest BCUT2D eigenvalue weighted by atomic mass is 9.70. The highest BCUT2D eigenvalue weighted by Crippen LogP contribution is 2.60. The molecule has 2 N–H and O–H groups in total. The fourth-order valence-corrected chi connectivity index (χ4v) is 9.84. The molecule has 1 aliphatic carbocycles. The van der Waals surface area contributed by atoms with E-state index >= 15 is 4.39 Å². The van der Waals surface area contributed by atoms with Gasteiger partial charge in [-0.2, -0.15) is 13.2 Å². The van der Waals surface area contributed by atoms with E-state index < -0.39 is 84.1 Å². The number of pyridine rings is 1. The summed E-state index contributed by atoms with van der Waals surface area (Å²) in [5.41, 5.74) is -3.69. The van der Waals surface area contributed by atoms with Gasteiger partial charge in [-0.25, -0.2) is 25.8 Å². The summed E-state index contributed by atoms with van der Waals surface area (Å²) >= 11 is 0. The van der Waals surface area contributed by atoms with Gasteiger partial charge in [0, 0.05) is 38.4 Å². The summed E-state index contributed by atoms with van der Waals surface area (Å²) in [6, 6.07) is 5.93. The summed E-state index contributed by atoms with van der Waals surface area (Å²) in [6.45, 7) is -0.666. The predicted molar refractivity (Wildman–Crippen MR) is 151 cm³/mol. The molecule has 0 bridgehead atoms. The molecule has 3 heterocycles. The van der Waals surface area contributed by atoms with Crippen LogP contribution in [0.3, 0.4) is 0 Å². The molecule has 0 radical (unpaired) electrons. The van der Waals surface area contributed by atoms with Crippen molar-refractivity contribution in [3.8, 4) is 0 Å². The Morgan fingerprint density at radius 2 is 1.71 bits per heavy atom. The van der Waals surface area contributed by atoms with Gasteiger partial charge in [0.15, 0.2) is 0 Å². The predicted octanol–water partition coefficient (Wildman–Crippen LogP) is 5.51. The first-order chi connectivity index (χ1) is 21.0. The molecule has 1 spiro atoms. The lowest BCUT2D eigenvalue weighted by Crippen LogP contribution is -2.52. The number of rotatable bonds is 6. The number of nitrogens with one attached hydrogen (secondary N) is 2. The highest BCUT2D eigenvalue weighted by atomic mass is 32.2. The molecule has 45 heavy (non-hydrogen) atoms. The minimum Gasteiger partial charge on any atom is -0.346 e. The Labute approximate surface area is 254 Å². The van der Waals surface area contributed by atoms with E-state index in [1.807, 2.05) is 0 Å². The number of carbonyl (C=O) groups is 1. The van der Waals surface area contributed by atoms with Crippen molar-refractivity contribution in [2.24, 2.45) is 5.92 Å². The maximum atomic E-state index is 16.6. The van der Waals surface area contributed by atoms with Crippen molar-refractivity contribution in [1.82, 2.24) is 10.3 Å². The van der Waals surface area contributed by atoms with Crippen LogP contribution in [-0.4, -0.2) is 41.1 Å². The fourth-order valence-electron chi connectivity index (χ4n) is 6.45. The van der Waals surface area contributed by atoms with Gasteiger partial charge in [-0.15, -0.1) is 0 Å². The Balaban J connectivity index is 1.41. The second-order valence-corrected chi connectivity index (χ2v) is 15.8. The van der Waals surface area contributed by atoms with Crippen molar-refractivity contribution in [3.05, 3.63) is 88.5 Å². The average molecular weight is 673 g/mol. The highest BCUT2D eigenvalue weighted by molar-refractivity contribution is 7.93. The standard InChI is InChI=1S/C29H26F6N4O4S2/c30-18-3-5-19(6-4-18)45(42,43)39-23-8-7-20(27(40)38-15-22-21(31)13-17(14-37-22)29(33,34)35)25(32)24(23)28(26(39)16-1-2-16)9-11-44(36,41)12-10-28/h3-8,13-14,16,26,36H,1-2,9-12,15H2,(H,38,40). The summed E-state index contributed by atoms with van der Waals surface area (Å²) in [5.74, 6) is -4.51. The van der Waals surface area contributed by atoms with Crippen LogP contribution >= 0.6 is 0 Å². The monoisotopic (exact) mass is 672 g/mol. The Hall–Kier alpha value is -3.66. The van der Waals surface area contributed by atoms with Crippen LogP contribution in [0.2, 0.25) is 0 Å². The Morgan fingerprint density at radius 1 is 1.07 bits per heavy atom. The molecule has 16 heteroatoms. The molecular formula is C29H26F6N4O4S2. The molecule has 1 saturated heterocycles. The van der Waals surface area contributed by atoms with Gasteiger partial charge >= 0.3 is 6.18 Å². The van der Waals surface area contributed by atoms with Crippen molar-refractivity contribution in [2.75, 3.05) is 15.8 Å². The van der Waals surface area contributed by atoms with Crippen molar-refractivity contribution in [1.29, 1.82) is 4.78 Å². The molecule has 1 unspecified atom stereocenters. The van der Waals surface area contributed by atoms with Gasteiger partial charge in [0.1, 0.15) is 17.5 Å². The molecule has 1 saturated carbocycles. The van der Waals surface area contributed by atoms with Crippen LogP contribution in [0, 0.1) is 28.1 Å². The molecule has 2 aromatic carbocycles. The van der Waals surface area contributed by atoms with E-state index in [1.54, 1.807) is 0 Å². The maximum Gasteiger partial charge on any atom is 0.417 e. The smallest absolute Gasteiger partial charge is 0.346 e. The molecule has 3 aromatic rings. The van der Waals surface area contributed by atoms with Crippen LogP contribution in [0.4, 0.5) is 32.0 Å². The number of hydrogen-bond donors (Lipinski definition) is 2. The number of nitrogens with zero attached hydrogens (tertiary/aromatic N) is 2. The number of carbonyl (C=O) groups excluding carboxylic acids is 1. The van der Waals surface area contributed by atoms with Crippen LogP contribution in [0.5, 0.6) is 0 Å². The van der Waals surface area contributed by atoms with Crippen molar-refractivity contribution < 1.29 is 43.8 Å². The van der Waals surface area contributed by atoms with Gasteiger partial charge in [0.25, 0.3) is 15.9 Å². The first-order valence-electron chi connectivity index (χ1n) is 13.9. The van der Waals surface area contributed by atoms with Gasteiger partial charge < -0.3 is 5.32 Å². The third-order valence-corrected chi connectivity index (χ3v) is 12.3. The van der Waals surface area contributed by atoms with E-state index in [2.05, 4.69) is 10.3 Å². The lowest BCUT2D eigenvalue weighted by molar-refractivity contribution is -0.138. The summed E-state index contributed by atoms with van der Waals surface area (Å²) in [7, 11) is -7.40. The topological polar surface area (TPSA) is 120 Å². The number of hydrogen-bond acceptors (Lipinski definition) is 6. The zero-order chi connectivity index (χ0) is 32.5. The lowest BCUT2D eigenvalue weighted by Gasteiger charge is -2.42. The molecule has 2 aliphatic heterocycles. The Bertz CT molecular complexity index is 1900. The quantitative estimate of drug-likeness (QED) is 0.335. The number of fused-ring (bicyclic) bond motifs is 2. The normalized spacial score (nSPS) is 24.9. The van der Waals surface area contributed by atoms with Crippen molar-refractivity contribution >= 4 is 31.3 Å². The van der Waals surface area contributed by atoms with Crippen LogP contribution in [0.15, 0.2) is 53.6 Å². The first-order valence-corrected chi connectivity index (χ1v) is 17.3. The zero-order valence-electron chi connectivity index (χ0n) is 23.3. The number of aromatic nitrogens is 1. The molecular weight excluding hydrogens is 646 g/mol. The largest absolute Gasteiger partial charge is 0.417 e. The van der Waals surface area contributed by atoms with Crippen molar-refractivity contribution in [2.45, 2.75) is 54.8 Å². The second-order valence-electron chi connectivity index (χ2n) is 11.6. The van der Waals surface area contributed by atoms with E-state index in [0.717, 1.165) is 34.6 Å². The Morgan fingerprint density at radius 3 is 2.29 bits per heavy atom. The third kappa shape index (κ3) is 5.45. The molecule has 6 rings (SSSR count). The summed E-state index contributed by atoms with van der Waals surface area (Å²) in [5, 5.41) is 2.26. The number of benzene rings is 2. The van der Waals surface area contributed by atoms with Gasteiger partial charge in [-0.3, -0.25) is 18.9 Å².